The summed E-state index contributed by atoms with van der Waals surface area (Å²) in [5.74, 6) is -0.411. The van der Waals surface area contributed by atoms with Gasteiger partial charge in [-0.1, -0.05) is 41.4 Å². The lowest BCUT2D eigenvalue weighted by atomic mass is 10.2. The molecule has 0 saturated carbocycles. The normalized spacial score (nSPS) is 10.4. The van der Waals surface area contributed by atoms with E-state index in [-0.39, 0.29) is 5.02 Å². The van der Waals surface area contributed by atoms with E-state index in [2.05, 4.69) is 5.32 Å². The fraction of sp³-hybridized carbons (Fsp3) is 0.143. The lowest BCUT2D eigenvalue weighted by Gasteiger charge is -2.10. The van der Waals surface area contributed by atoms with Crippen molar-refractivity contribution in [3.63, 3.8) is 0 Å². The van der Waals surface area contributed by atoms with E-state index in [9.17, 15) is 4.39 Å². The van der Waals surface area contributed by atoms with E-state index in [1.165, 1.54) is 6.07 Å². The molecule has 4 heteroatoms. The molecule has 0 unspecified atom stereocenters. The highest BCUT2D eigenvalue weighted by Crippen LogP contribution is 2.25. The molecule has 0 atom stereocenters. The molecule has 0 radical (unpaired) electrons. The second-order valence-electron chi connectivity index (χ2n) is 4.04. The summed E-state index contributed by atoms with van der Waals surface area (Å²) in [5, 5.41) is 3.99. The molecule has 1 N–H and O–H groups in total. The first-order chi connectivity index (χ1) is 8.58. The molecule has 94 valence electrons. The fourth-order valence-corrected chi connectivity index (χ4v) is 1.94. The first-order valence-corrected chi connectivity index (χ1v) is 6.26. The van der Waals surface area contributed by atoms with Crippen molar-refractivity contribution in [3.8, 4) is 0 Å². The van der Waals surface area contributed by atoms with Crippen LogP contribution in [-0.4, -0.2) is 0 Å². The quantitative estimate of drug-likeness (QED) is 0.831. The first-order valence-electron chi connectivity index (χ1n) is 5.51. The molecule has 0 saturated heterocycles. The Morgan fingerprint density at radius 3 is 2.67 bits per heavy atom. The van der Waals surface area contributed by atoms with Crippen LogP contribution in [0.25, 0.3) is 0 Å². The van der Waals surface area contributed by atoms with Crippen molar-refractivity contribution in [1.82, 2.24) is 0 Å². The Balaban J connectivity index is 2.11. The third-order valence-electron chi connectivity index (χ3n) is 2.66. The third-order valence-corrected chi connectivity index (χ3v) is 3.47. The maximum Gasteiger partial charge on any atom is 0.142 e. The summed E-state index contributed by atoms with van der Waals surface area (Å²) in [4.78, 5) is 0. The fourth-order valence-electron chi connectivity index (χ4n) is 1.63. The average molecular weight is 284 g/mol. The number of hydrogen-bond donors (Lipinski definition) is 1. The van der Waals surface area contributed by atoms with Crippen LogP contribution in [0.4, 0.5) is 10.1 Å². The van der Waals surface area contributed by atoms with Crippen molar-refractivity contribution in [2.75, 3.05) is 5.32 Å². The van der Waals surface area contributed by atoms with Gasteiger partial charge in [0.1, 0.15) is 5.82 Å². The number of nitrogens with one attached hydrogen (secondary N) is 1. The Hall–Kier alpha value is -1.25. The Morgan fingerprint density at radius 2 is 1.94 bits per heavy atom. The molecular formula is C14H12Cl2FN. The molecule has 0 fully saturated rings. The predicted molar refractivity (Wildman–Crippen MR) is 74.9 cm³/mol. The number of rotatable bonds is 3. The van der Waals surface area contributed by atoms with Gasteiger partial charge in [-0.25, -0.2) is 4.39 Å². The summed E-state index contributed by atoms with van der Waals surface area (Å²) in [7, 11) is 0. The highest BCUT2D eigenvalue weighted by molar-refractivity contribution is 6.34. The molecular weight excluding hydrogens is 272 g/mol. The Labute approximate surface area is 116 Å². The maximum atomic E-state index is 13.3. The van der Waals surface area contributed by atoms with Gasteiger partial charge in [0.05, 0.1) is 15.7 Å². The molecule has 0 bridgehead atoms. The summed E-state index contributed by atoms with van der Waals surface area (Å²) >= 11 is 11.8. The van der Waals surface area contributed by atoms with Crippen molar-refractivity contribution >= 4 is 28.9 Å². The molecule has 0 amide bonds. The van der Waals surface area contributed by atoms with Gasteiger partial charge in [-0.3, -0.25) is 0 Å². The van der Waals surface area contributed by atoms with Crippen LogP contribution in [0.15, 0.2) is 36.4 Å². The number of halogens is 3. The number of aryl methyl sites for hydroxylation is 1. The SMILES string of the molecule is Cc1cccc(NCc2ccc(Cl)c(F)c2)c1Cl. The number of hydrogen-bond acceptors (Lipinski definition) is 1. The topological polar surface area (TPSA) is 12.0 Å². The maximum absolute atomic E-state index is 13.3. The molecule has 0 spiro atoms. The monoisotopic (exact) mass is 283 g/mol. The summed E-state index contributed by atoms with van der Waals surface area (Å²) in [6.45, 7) is 2.44. The Kier molecular flexibility index (Phi) is 4.10. The van der Waals surface area contributed by atoms with Gasteiger partial charge in [-0.2, -0.15) is 0 Å². The van der Waals surface area contributed by atoms with Crippen molar-refractivity contribution < 1.29 is 4.39 Å². The van der Waals surface area contributed by atoms with Gasteiger partial charge < -0.3 is 5.32 Å². The number of anilines is 1. The standard InChI is InChI=1S/C14H12Cl2FN/c1-9-3-2-4-13(14(9)16)18-8-10-5-6-11(15)12(17)7-10/h2-7,18H,8H2,1H3. The molecule has 0 aromatic heterocycles. The van der Waals surface area contributed by atoms with Gasteiger partial charge in [-0.15, -0.1) is 0 Å². The van der Waals surface area contributed by atoms with Gasteiger partial charge in [0.2, 0.25) is 0 Å². The molecule has 0 heterocycles. The Morgan fingerprint density at radius 1 is 1.17 bits per heavy atom. The van der Waals surface area contributed by atoms with Crippen LogP contribution in [0, 0.1) is 12.7 Å². The predicted octanol–water partition coefficient (Wildman–Crippen LogP) is 5.05. The Bertz CT molecular complexity index is 570. The molecule has 18 heavy (non-hydrogen) atoms. The zero-order chi connectivity index (χ0) is 13.1. The first kappa shape index (κ1) is 13.2. The minimum atomic E-state index is -0.411. The van der Waals surface area contributed by atoms with Gasteiger partial charge in [0.15, 0.2) is 0 Å². The molecule has 0 aliphatic carbocycles. The summed E-state index contributed by atoms with van der Waals surface area (Å²) in [5.41, 5.74) is 2.66. The molecule has 0 aliphatic rings. The van der Waals surface area contributed by atoms with E-state index in [4.69, 9.17) is 23.2 Å². The van der Waals surface area contributed by atoms with Gasteiger partial charge in [0, 0.05) is 6.54 Å². The smallest absolute Gasteiger partial charge is 0.142 e. The second-order valence-corrected chi connectivity index (χ2v) is 4.82. The zero-order valence-corrected chi connectivity index (χ0v) is 11.3. The number of benzene rings is 2. The molecule has 0 aliphatic heterocycles. The van der Waals surface area contributed by atoms with Crippen LogP contribution in [-0.2, 0) is 6.54 Å². The molecule has 2 aromatic rings. The van der Waals surface area contributed by atoms with E-state index >= 15 is 0 Å². The van der Waals surface area contributed by atoms with Gasteiger partial charge in [-0.05, 0) is 36.2 Å². The highest BCUT2D eigenvalue weighted by Gasteiger charge is 2.04. The van der Waals surface area contributed by atoms with E-state index in [1.54, 1.807) is 12.1 Å². The average Bonchev–Trinajstić information content (AvgIpc) is 2.35. The molecule has 2 aromatic carbocycles. The van der Waals surface area contributed by atoms with E-state index in [1.807, 2.05) is 25.1 Å². The van der Waals surface area contributed by atoms with E-state index < -0.39 is 5.82 Å². The lowest BCUT2D eigenvalue weighted by molar-refractivity contribution is 0.626. The summed E-state index contributed by atoms with van der Waals surface area (Å²) < 4.78 is 13.3. The zero-order valence-electron chi connectivity index (χ0n) is 9.81. The highest BCUT2D eigenvalue weighted by atomic mass is 35.5. The van der Waals surface area contributed by atoms with E-state index in [0.29, 0.717) is 11.6 Å². The summed E-state index contributed by atoms with van der Waals surface area (Å²) in [6, 6.07) is 10.5. The second kappa shape index (κ2) is 5.59. The van der Waals surface area contributed by atoms with Crippen molar-refractivity contribution in [2.24, 2.45) is 0 Å². The van der Waals surface area contributed by atoms with Gasteiger partial charge >= 0.3 is 0 Å². The van der Waals surface area contributed by atoms with E-state index in [0.717, 1.165) is 16.8 Å². The molecule has 2 rings (SSSR count). The van der Waals surface area contributed by atoms with Crippen LogP contribution in [0.2, 0.25) is 10.0 Å². The van der Waals surface area contributed by atoms with Crippen LogP contribution < -0.4 is 5.32 Å². The van der Waals surface area contributed by atoms with Crippen LogP contribution in [0.5, 0.6) is 0 Å². The minimum Gasteiger partial charge on any atom is -0.380 e. The van der Waals surface area contributed by atoms with Crippen molar-refractivity contribution in [1.29, 1.82) is 0 Å². The third kappa shape index (κ3) is 2.95. The summed E-state index contributed by atoms with van der Waals surface area (Å²) in [6.07, 6.45) is 0. The largest absolute Gasteiger partial charge is 0.380 e. The van der Waals surface area contributed by atoms with Crippen LogP contribution in [0.1, 0.15) is 11.1 Å². The van der Waals surface area contributed by atoms with Crippen molar-refractivity contribution in [2.45, 2.75) is 13.5 Å². The lowest BCUT2D eigenvalue weighted by Crippen LogP contribution is -2.01. The molecule has 1 nitrogen and oxygen atoms in total. The van der Waals surface area contributed by atoms with Gasteiger partial charge in [0.25, 0.3) is 0 Å². The van der Waals surface area contributed by atoms with Crippen molar-refractivity contribution in [3.05, 3.63) is 63.4 Å². The van der Waals surface area contributed by atoms with Crippen LogP contribution in [0.3, 0.4) is 0 Å². The minimum absolute atomic E-state index is 0.132. The van der Waals surface area contributed by atoms with Crippen LogP contribution >= 0.6 is 23.2 Å².